The van der Waals surface area contributed by atoms with Crippen LogP contribution in [0.25, 0.3) is 0 Å². The number of sulfonamides is 1. The molecule has 0 unspecified atom stereocenters. The summed E-state index contributed by atoms with van der Waals surface area (Å²) >= 11 is 6.06. The molecule has 0 saturated carbocycles. The molecular formula is C16H17ClNO3S-. The number of halogens is 1. The van der Waals surface area contributed by atoms with Crippen LogP contribution in [0.1, 0.15) is 30.9 Å². The van der Waals surface area contributed by atoms with Crippen LogP contribution in [-0.4, -0.2) is 8.42 Å². The van der Waals surface area contributed by atoms with E-state index in [-0.39, 0.29) is 21.6 Å². The van der Waals surface area contributed by atoms with Gasteiger partial charge < -0.3 is 5.11 Å². The molecule has 0 fully saturated rings. The van der Waals surface area contributed by atoms with Crippen LogP contribution in [0.15, 0.2) is 41.3 Å². The minimum absolute atomic E-state index is 0.0504. The van der Waals surface area contributed by atoms with Crippen molar-refractivity contribution < 1.29 is 13.5 Å². The van der Waals surface area contributed by atoms with Crippen molar-refractivity contribution in [1.29, 1.82) is 0 Å². The first-order valence-electron chi connectivity index (χ1n) is 6.82. The third-order valence-electron chi connectivity index (χ3n) is 3.41. The molecule has 0 bridgehead atoms. The van der Waals surface area contributed by atoms with Crippen LogP contribution in [0.5, 0.6) is 5.75 Å². The van der Waals surface area contributed by atoms with Gasteiger partial charge in [-0.3, -0.25) is 4.72 Å². The highest BCUT2D eigenvalue weighted by Gasteiger charge is 2.17. The normalized spacial score (nSPS) is 11.7. The van der Waals surface area contributed by atoms with E-state index in [1.807, 2.05) is 13.8 Å². The molecule has 0 aliphatic rings. The molecule has 0 atom stereocenters. The molecule has 1 N–H and O–H groups in total. The average Bonchev–Trinajstić information content (AvgIpc) is 2.48. The Kier molecular flexibility index (Phi) is 4.68. The van der Waals surface area contributed by atoms with Crippen LogP contribution in [0.2, 0.25) is 5.02 Å². The van der Waals surface area contributed by atoms with E-state index in [1.165, 1.54) is 12.1 Å². The lowest BCUT2D eigenvalue weighted by Gasteiger charge is -2.23. The van der Waals surface area contributed by atoms with Crippen molar-refractivity contribution in [1.82, 2.24) is 0 Å². The zero-order chi connectivity index (χ0) is 16.5. The fraction of sp³-hybridized carbons (Fsp3) is 0.250. The van der Waals surface area contributed by atoms with Gasteiger partial charge in [-0.25, -0.2) is 8.42 Å². The van der Waals surface area contributed by atoms with Crippen molar-refractivity contribution in [3.63, 3.8) is 0 Å². The lowest BCUT2D eigenvalue weighted by atomic mass is 9.99. The quantitative estimate of drug-likeness (QED) is 0.925. The summed E-state index contributed by atoms with van der Waals surface area (Å²) in [5.41, 5.74) is 1.24. The molecule has 0 saturated heterocycles. The molecule has 0 radical (unpaired) electrons. The highest BCUT2D eigenvalue weighted by atomic mass is 35.5. The Hall–Kier alpha value is -1.72. The minimum Gasteiger partial charge on any atom is -0.871 e. The number of benzene rings is 2. The van der Waals surface area contributed by atoms with E-state index in [9.17, 15) is 13.5 Å². The van der Waals surface area contributed by atoms with Gasteiger partial charge in [0.05, 0.1) is 10.6 Å². The second-order valence-electron chi connectivity index (χ2n) is 5.35. The smallest absolute Gasteiger partial charge is 0.261 e. The van der Waals surface area contributed by atoms with Crippen LogP contribution < -0.4 is 9.83 Å². The van der Waals surface area contributed by atoms with Crippen molar-refractivity contribution in [2.75, 3.05) is 4.72 Å². The summed E-state index contributed by atoms with van der Waals surface area (Å²) in [6.45, 7) is 5.34. The highest BCUT2D eigenvalue weighted by molar-refractivity contribution is 7.92. The average molecular weight is 339 g/mol. The monoisotopic (exact) mass is 338 g/mol. The lowest BCUT2D eigenvalue weighted by Crippen LogP contribution is -2.15. The van der Waals surface area contributed by atoms with Gasteiger partial charge in [-0.1, -0.05) is 49.4 Å². The van der Waals surface area contributed by atoms with Crippen molar-refractivity contribution >= 4 is 27.3 Å². The molecule has 22 heavy (non-hydrogen) atoms. The molecule has 2 aromatic rings. The largest absolute Gasteiger partial charge is 0.871 e. The molecule has 0 aliphatic carbocycles. The van der Waals surface area contributed by atoms with Crippen molar-refractivity contribution in [3.05, 3.63) is 52.5 Å². The molecular weight excluding hydrogens is 322 g/mol. The Morgan fingerprint density at radius 3 is 2.32 bits per heavy atom. The summed E-state index contributed by atoms with van der Waals surface area (Å²) in [7, 11) is -3.72. The van der Waals surface area contributed by atoms with Gasteiger partial charge in [0.15, 0.2) is 0 Å². The molecule has 2 rings (SSSR count). The third kappa shape index (κ3) is 3.20. The Morgan fingerprint density at radius 2 is 1.77 bits per heavy atom. The van der Waals surface area contributed by atoms with E-state index in [2.05, 4.69) is 4.72 Å². The molecule has 4 nitrogen and oxygen atoms in total. The highest BCUT2D eigenvalue weighted by Crippen LogP contribution is 2.38. The molecule has 6 heteroatoms. The molecule has 118 valence electrons. The SMILES string of the molecule is Cc1c(NS(=O)(=O)c2ccccc2)cc(C(C)C)c([O-])c1Cl. The summed E-state index contributed by atoms with van der Waals surface area (Å²) in [6.07, 6.45) is 0. The Bertz CT molecular complexity index is 787. The van der Waals surface area contributed by atoms with Crippen LogP contribution >= 0.6 is 11.6 Å². The Morgan fingerprint density at radius 1 is 1.18 bits per heavy atom. The maximum absolute atomic E-state index is 12.4. The summed E-state index contributed by atoms with van der Waals surface area (Å²) in [4.78, 5) is 0.155. The van der Waals surface area contributed by atoms with E-state index in [0.29, 0.717) is 16.8 Å². The van der Waals surface area contributed by atoms with E-state index in [4.69, 9.17) is 11.6 Å². The van der Waals surface area contributed by atoms with Crippen molar-refractivity contribution in [2.45, 2.75) is 31.6 Å². The van der Waals surface area contributed by atoms with Gasteiger partial charge >= 0.3 is 0 Å². The number of nitrogens with one attached hydrogen (secondary N) is 1. The molecule has 0 spiro atoms. The molecule has 0 amide bonds. The van der Waals surface area contributed by atoms with Gasteiger partial charge in [-0.2, -0.15) is 0 Å². The number of anilines is 1. The summed E-state index contributed by atoms with van der Waals surface area (Å²) in [5.74, 6) is -0.303. The first-order valence-corrected chi connectivity index (χ1v) is 8.68. The number of hydrogen-bond donors (Lipinski definition) is 1. The van der Waals surface area contributed by atoms with E-state index in [1.54, 1.807) is 31.2 Å². The maximum atomic E-state index is 12.4. The van der Waals surface area contributed by atoms with Gasteiger partial charge in [0, 0.05) is 5.02 Å². The lowest BCUT2D eigenvalue weighted by molar-refractivity contribution is -0.269. The standard InChI is InChI=1S/C16H18ClNO3S/c1-10(2)13-9-14(11(3)15(17)16(13)19)18-22(20,21)12-7-5-4-6-8-12/h4-10,18-19H,1-3H3/p-1. The summed E-state index contributed by atoms with van der Waals surface area (Å²) < 4.78 is 27.3. The third-order valence-corrected chi connectivity index (χ3v) is 5.25. The first-order chi connectivity index (χ1) is 10.2. The van der Waals surface area contributed by atoms with Crippen LogP contribution in [0, 0.1) is 6.92 Å². The topological polar surface area (TPSA) is 69.2 Å². The molecule has 0 aliphatic heterocycles. The fourth-order valence-electron chi connectivity index (χ4n) is 2.08. The predicted octanol–water partition coefficient (Wildman–Crippen LogP) is 3.65. The van der Waals surface area contributed by atoms with Crippen LogP contribution in [-0.2, 0) is 10.0 Å². The van der Waals surface area contributed by atoms with E-state index < -0.39 is 10.0 Å². The second kappa shape index (κ2) is 6.18. The summed E-state index contributed by atoms with van der Waals surface area (Å²) in [5, 5.41) is 12.2. The van der Waals surface area contributed by atoms with Gasteiger partial charge in [0.25, 0.3) is 10.0 Å². The molecule has 2 aromatic carbocycles. The first kappa shape index (κ1) is 16.6. The predicted molar refractivity (Wildman–Crippen MR) is 87.0 cm³/mol. The van der Waals surface area contributed by atoms with Crippen LogP contribution in [0.4, 0.5) is 5.69 Å². The van der Waals surface area contributed by atoms with Gasteiger partial charge in [0.2, 0.25) is 0 Å². The van der Waals surface area contributed by atoms with Crippen LogP contribution in [0.3, 0.4) is 0 Å². The van der Waals surface area contributed by atoms with Crippen molar-refractivity contribution in [2.24, 2.45) is 0 Å². The Labute approximate surface area is 135 Å². The van der Waals surface area contributed by atoms with E-state index in [0.717, 1.165) is 0 Å². The van der Waals surface area contributed by atoms with Gasteiger partial charge in [0.1, 0.15) is 0 Å². The van der Waals surface area contributed by atoms with E-state index >= 15 is 0 Å². The van der Waals surface area contributed by atoms with Gasteiger partial charge in [-0.15, -0.1) is 0 Å². The summed E-state index contributed by atoms with van der Waals surface area (Å²) in [6, 6.07) is 9.61. The second-order valence-corrected chi connectivity index (χ2v) is 7.42. The zero-order valence-electron chi connectivity index (χ0n) is 12.6. The maximum Gasteiger partial charge on any atom is 0.261 e. The minimum atomic E-state index is -3.72. The number of rotatable bonds is 4. The molecule has 0 aromatic heterocycles. The number of hydrogen-bond acceptors (Lipinski definition) is 3. The van der Waals surface area contributed by atoms with Gasteiger partial charge in [-0.05, 0) is 42.2 Å². The fourth-order valence-corrected chi connectivity index (χ4v) is 3.43. The zero-order valence-corrected chi connectivity index (χ0v) is 14.1. The van der Waals surface area contributed by atoms with Crippen molar-refractivity contribution in [3.8, 4) is 5.75 Å². The Balaban J connectivity index is 2.50. The molecule has 0 heterocycles.